The molecule has 1 aromatic rings. The zero-order valence-electron chi connectivity index (χ0n) is 14.1. The second kappa shape index (κ2) is 8.53. The van der Waals surface area contributed by atoms with Gasteiger partial charge >= 0.3 is 5.97 Å². The summed E-state index contributed by atoms with van der Waals surface area (Å²) in [7, 11) is 1.57. The molecule has 0 heterocycles. The number of rotatable bonds is 8. The molecule has 1 amide bonds. The van der Waals surface area contributed by atoms with Gasteiger partial charge < -0.3 is 19.9 Å². The minimum absolute atomic E-state index is 0.119. The number of amides is 1. The summed E-state index contributed by atoms with van der Waals surface area (Å²) in [5.41, 5.74) is 0.453. The van der Waals surface area contributed by atoms with Gasteiger partial charge in [0.1, 0.15) is 11.8 Å². The van der Waals surface area contributed by atoms with Gasteiger partial charge in [0.15, 0.2) is 0 Å². The highest BCUT2D eigenvalue weighted by molar-refractivity contribution is 5.84. The number of carboxylic acids is 1. The third-order valence-electron chi connectivity index (χ3n) is 3.10. The van der Waals surface area contributed by atoms with Gasteiger partial charge in [0.2, 0.25) is 5.91 Å². The molecule has 6 heteroatoms. The lowest BCUT2D eigenvalue weighted by molar-refractivity contribution is -0.142. The van der Waals surface area contributed by atoms with Gasteiger partial charge in [-0.15, -0.1) is 0 Å². The normalized spacial score (nSPS) is 12.5. The summed E-state index contributed by atoms with van der Waals surface area (Å²) < 4.78 is 10.6. The number of benzene rings is 1. The first kappa shape index (κ1) is 19.0. The van der Waals surface area contributed by atoms with Crippen molar-refractivity contribution in [1.82, 2.24) is 5.32 Å². The third kappa shape index (κ3) is 7.65. The molecule has 6 nitrogen and oxygen atoms in total. The fourth-order valence-electron chi connectivity index (χ4n) is 1.91. The second-order valence-corrected chi connectivity index (χ2v) is 6.23. The lowest BCUT2D eigenvalue weighted by Gasteiger charge is -2.21. The quantitative estimate of drug-likeness (QED) is 0.764. The monoisotopic (exact) mass is 323 g/mol. The predicted octanol–water partition coefficient (Wildman–Crippen LogP) is 2.01. The van der Waals surface area contributed by atoms with Crippen molar-refractivity contribution in [3.8, 4) is 5.75 Å². The Hall–Kier alpha value is -2.08. The highest BCUT2D eigenvalue weighted by Crippen LogP contribution is 2.12. The van der Waals surface area contributed by atoms with Crippen molar-refractivity contribution in [3.05, 3.63) is 29.8 Å². The van der Waals surface area contributed by atoms with E-state index < -0.39 is 12.0 Å². The number of ether oxygens (including phenoxy) is 2. The standard InChI is InChI=1S/C17H25NO5/c1-17(2,3)23-10-9-14(16(20)21)18-15(19)11-12-5-7-13(22-4)8-6-12/h5-8,14H,9-11H2,1-4H3,(H,18,19)(H,20,21). The van der Waals surface area contributed by atoms with Crippen LogP contribution in [0.5, 0.6) is 5.75 Å². The molecule has 2 N–H and O–H groups in total. The number of methoxy groups -OCH3 is 1. The Kier molecular flexibility index (Phi) is 7.03. The Morgan fingerprint density at radius 3 is 2.30 bits per heavy atom. The maximum absolute atomic E-state index is 12.0. The summed E-state index contributed by atoms with van der Waals surface area (Å²) in [5.74, 6) is -0.694. The summed E-state index contributed by atoms with van der Waals surface area (Å²) in [6, 6.07) is 6.11. The van der Waals surface area contributed by atoms with E-state index in [1.54, 1.807) is 31.4 Å². The van der Waals surface area contributed by atoms with Crippen molar-refractivity contribution in [1.29, 1.82) is 0 Å². The van der Waals surface area contributed by atoms with E-state index in [1.807, 2.05) is 20.8 Å². The summed E-state index contributed by atoms with van der Waals surface area (Å²) in [6.07, 6.45) is 0.342. The van der Waals surface area contributed by atoms with E-state index in [1.165, 1.54) is 0 Å². The van der Waals surface area contributed by atoms with Gasteiger partial charge in [-0.2, -0.15) is 0 Å². The lowest BCUT2D eigenvalue weighted by atomic mass is 10.1. The molecule has 0 fully saturated rings. The van der Waals surface area contributed by atoms with E-state index in [0.717, 1.165) is 5.56 Å². The molecule has 0 aliphatic rings. The van der Waals surface area contributed by atoms with Crippen LogP contribution in [0.15, 0.2) is 24.3 Å². The predicted molar refractivity (Wildman–Crippen MR) is 86.6 cm³/mol. The summed E-state index contributed by atoms with van der Waals surface area (Å²) >= 11 is 0. The summed E-state index contributed by atoms with van der Waals surface area (Å²) in [4.78, 5) is 23.2. The number of nitrogens with one attached hydrogen (secondary N) is 1. The van der Waals surface area contributed by atoms with Crippen molar-refractivity contribution in [3.63, 3.8) is 0 Å². The Labute approximate surface area is 136 Å². The maximum atomic E-state index is 12.0. The fourth-order valence-corrected chi connectivity index (χ4v) is 1.91. The zero-order valence-corrected chi connectivity index (χ0v) is 14.1. The van der Waals surface area contributed by atoms with E-state index in [-0.39, 0.29) is 31.0 Å². The Morgan fingerprint density at radius 2 is 1.83 bits per heavy atom. The van der Waals surface area contributed by atoms with Gasteiger partial charge in [-0.25, -0.2) is 4.79 Å². The van der Waals surface area contributed by atoms with Crippen LogP contribution >= 0.6 is 0 Å². The van der Waals surface area contributed by atoms with Crippen LogP contribution in [-0.4, -0.2) is 42.3 Å². The van der Waals surface area contributed by atoms with Crippen molar-refractivity contribution < 1.29 is 24.2 Å². The molecule has 1 atom stereocenters. The molecule has 0 aliphatic heterocycles. The van der Waals surface area contributed by atoms with Crippen molar-refractivity contribution in [2.24, 2.45) is 0 Å². The molecule has 1 aromatic carbocycles. The molecule has 1 unspecified atom stereocenters. The van der Waals surface area contributed by atoms with Crippen LogP contribution in [0.1, 0.15) is 32.8 Å². The van der Waals surface area contributed by atoms with Gasteiger partial charge in [0.05, 0.1) is 19.1 Å². The van der Waals surface area contributed by atoms with Crippen LogP contribution in [0.2, 0.25) is 0 Å². The molecule has 0 saturated heterocycles. The number of hydrogen-bond donors (Lipinski definition) is 2. The van der Waals surface area contributed by atoms with Crippen LogP contribution < -0.4 is 10.1 Å². The first-order chi connectivity index (χ1) is 10.7. The highest BCUT2D eigenvalue weighted by atomic mass is 16.5. The van der Waals surface area contributed by atoms with E-state index in [2.05, 4.69) is 5.32 Å². The molecule has 128 valence electrons. The molecule has 0 radical (unpaired) electrons. The Balaban J connectivity index is 2.51. The highest BCUT2D eigenvalue weighted by Gasteiger charge is 2.21. The number of hydrogen-bond acceptors (Lipinski definition) is 4. The smallest absolute Gasteiger partial charge is 0.326 e. The first-order valence-electron chi connectivity index (χ1n) is 7.50. The topological polar surface area (TPSA) is 84.9 Å². The third-order valence-corrected chi connectivity index (χ3v) is 3.10. The van der Waals surface area contributed by atoms with Crippen LogP contribution in [0.3, 0.4) is 0 Å². The number of carbonyl (C=O) groups excluding carboxylic acids is 1. The largest absolute Gasteiger partial charge is 0.497 e. The molecule has 0 bridgehead atoms. The Morgan fingerprint density at radius 1 is 1.22 bits per heavy atom. The molecular formula is C17H25NO5. The zero-order chi connectivity index (χ0) is 17.5. The van der Waals surface area contributed by atoms with Crippen LogP contribution in [-0.2, 0) is 20.7 Å². The number of aliphatic carboxylic acids is 1. The lowest BCUT2D eigenvalue weighted by Crippen LogP contribution is -2.42. The van der Waals surface area contributed by atoms with Gasteiger partial charge in [0, 0.05) is 13.0 Å². The minimum atomic E-state index is -1.06. The Bertz CT molecular complexity index is 519. The van der Waals surface area contributed by atoms with Crippen LogP contribution in [0, 0.1) is 0 Å². The minimum Gasteiger partial charge on any atom is -0.497 e. The van der Waals surface area contributed by atoms with Crippen molar-refractivity contribution >= 4 is 11.9 Å². The fraction of sp³-hybridized carbons (Fsp3) is 0.529. The second-order valence-electron chi connectivity index (χ2n) is 6.23. The molecule has 23 heavy (non-hydrogen) atoms. The van der Waals surface area contributed by atoms with Crippen LogP contribution in [0.25, 0.3) is 0 Å². The van der Waals surface area contributed by atoms with E-state index >= 15 is 0 Å². The van der Waals surface area contributed by atoms with Gasteiger partial charge in [-0.3, -0.25) is 4.79 Å². The molecule has 0 saturated carbocycles. The molecular weight excluding hydrogens is 298 g/mol. The average Bonchev–Trinajstić information content (AvgIpc) is 2.45. The first-order valence-corrected chi connectivity index (χ1v) is 7.50. The number of carboxylic acid groups (broad SMARTS) is 1. The average molecular weight is 323 g/mol. The summed E-state index contributed by atoms with van der Waals surface area (Å²) in [6.45, 7) is 5.95. The van der Waals surface area contributed by atoms with Gasteiger partial charge in [-0.05, 0) is 38.5 Å². The summed E-state index contributed by atoms with van der Waals surface area (Å²) in [5, 5.41) is 11.7. The van der Waals surface area contributed by atoms with E-state index in [9.17, 15) is 14.7 Å². The van der Waals surface area contributed by atoms with Crippen LogP contribution in [0.4, 0.5) is 0 Å². The SMILES string of the molecule is COc1ccc(CC(=O)NC(CCOC(C)(C)C)C(=O)O)cc1. The maximum Gasteiger partial charge on any atom is 0.326 e. The van der Waals surface area contributed by atoms with Crippen molar-refractivity contribution in [2.45, 2.75) is 45.3 Å². The number of carbonyl (C=O) groups is 2. The molecule has 0 spiro atoms. The van der Waals surface area contributed by atoms with Gasteiger partial charge in [0.25, 0.3) is 0 Å². The molecule has 0 aliphatic carbocycles. The van der Waals surface area contributed by atoms with E-state index in [0.29, 0.717) is 5.75 Å². The molecule has 0 aromatic heterocycles. The van der Waals surface area contributed by atoms with Gasteiger partial charge in [-0.1, -0.05) is 12.1 Å². The van der Waals surface area contributed by atoms with E-state index in [4.69, 9.17) is 9.47 Å². The molecule has 1 rings (SSSR count). The van der Waals surface area contributed by atoms with Crippen molar-refractivity contribution in [2.75, 3.05) is 13.7 Å².